The maximum Gasteiger partial charge on any atom is 0.331 e. The van der Waals surface area contributed by atoms with E-state index in [-0.39, 0.29) is 5.78 Å². The van der Waals surface area contributed by atoms with Crippen molar-refractivity contribution in [1.29, 1.82) is 0 Å². The van der Waals surface area contributed by atoms with Crippen molar-refractivity contribution in [3.63, 3.8) is 0 Å². The molecule has 0 aliphatic heterocycles. The number of ether oxygens (including phenoxy) is 4. The molecule has 6 heteroatoms. The monoisotopic (exact) mass is 384 g/mol. The minimum Gasteiger partial charge on any atom is -0.494 e. The normalized spacial score (nSPS) is 11.7. The molecule has 0 saturated carbocycles. The van der Waals surface area contributed by atoms with E-state index in [0.29, 0.717) is 35.0 Å². The Labute approximate surface area is 164 Å². The number of ketones is 1. The van der Waals surface area contributed by atoms with Gasteiger partial charge in [-0.05, 0) is 50.3 Å². The second-order valence-electron chi connectivity index (χ2n) is 5.82. The molecular formula is C22H24O6. The summed E-state index contributed by atoms with van der Waals surface area (Å²) in [5.41, 5.74) is 1.10. The lowest BCUT2D eigenvalue weighted by molar-refractivity contribution is -0.140. The van der Waals surface area contributed by atoms with Crippen LogP contribution in [0.1, 0.15) is 29.8 Å². The van der Waals surface area contributed by atoms with Crippen LogP contribution in [0.5, 0.6) is 17.2 Å². The first-order valence-electron chi connectivity index (χ1n) is 8.86. The average molecular weight is 384 g/mol. The minimum absolute atomic E-state index is 0.288. The molecule has 0 aromatic heterocycles. The third kappa shape index (κ3) is 5.36. The number of benzene rings is 2. The van der Waals surface area contributed by atoms with Gasteiger partial charge in [-0.1, -0.05) is 12.1 Å². The summed E-state index contributed by atoms with van der Waals surface area (Å²) in [5, 5.41) is 0. The Bertz CT molecular complexity index is 839. The van der Waals surface area contributed by atoms with Gasteiger partial charge in [0.2, 0.25) is 5.78 Å². The maximum atomic E-state index is 12.4. The molecule has 0 fully saturated rings. The van der Waals surface area contributed by atoms with Gasteiger partial charge in [0, 0.05) is 17.2 Å². The quantitative estimate of drug-likeness (QED) is 0.371. The summed E-state index contributed by atoms with van der Waals surface area (Å²) in [7, 11) is 3.05. The van der Waals surface area contributed by atoms with E-state index in [1.165, 1.54) is 27.2 Å². The van der Waals surface area contributed by atoms with Gasteiger partial charge in [0.1, 0.15) is 5.75 Å². The van der Waals surface area contributed by atoms with Crippen LogP contribution in [0, 0.1) is 0 Å². The molecule has 6 nitrogen and oxygen atoms in total. The highest BCUT2D eigenvalue weighted by atomic mass is 16.5. The number of hydrogen-bond donors (Lipinski definition) is 0. The molecule has 0 bridgehead atoms. The largest absolute Gasteiger partial charge is 0.494 e. The standard InChI is InChI=1S/C22H24O6/c1-5-27-18-12-9-16(10-13-18)21(24)15(2)28-20(23)14-11-17-7-6-8-19(25-3)22(17)26-4/h6-15H,5H2,1-4H3/b14-11+/t15-/m1/s1. The van der Waals surface area contributed by atoms with Gasteiger partial charge < -0.3 is 18.9 Å². The predicted octanol–water partition coefficient (Wildman–Crippen LogP) is 3.93. The van der Waals surface area contributed by atoms with E-state index < -0.39 is 12.1 Å². The van der Waals surface area contributed by atoms with Gasteiger partial charge in [-0.3, -0.25) is 4.79 Å². The third-order valence-corrected chi connectivity index (χ3v) is 3.94. The molecule has 0 saturated heterocycles. The van der Waals surface area contributed by atoms with Crippen molar-refractivity contribution in [2.75, 3.05) is 20.8 Å². The highest BCUT2D eigenvalue weighted by Crippen LogP contribution is 2.31. The Morgan fingerprint density at radius 2 is 1.75 bits per heavy atom. The minimum atomic E-state index is -0.915. The molecule has 2 rings (SSSR count). The zero-order valence-corrected chi connectivity index (χ0v) is 16.4. The fourth-order valence-electron chi connectivity index (χ4n) is 2.58. The number of para-hydroxylation sites is 1. The van der Waals surface area contributed by atoms with Crippen LogP contribution in [0.25, 0.3) is 6.08 Å². The Kier molecular flexibility index (Phi) is 7.63. The highest BCUT2D eigenvalue weighted by molar-refractivity contribution is 6.01. The van der Waals surface area contributed by atoms with Crippen LogP contribution in [-0.4, -0.2) is 38.7 Å². The summed E-state index contributed by atoms with van der Waals surface area (Å²) in [6.45, 7) is 3.97. The Hall–Kier alpha value is -3.28. The molecule has 0 unspecified atom stereocenters. The van der Waals surface area contributed by atoms with Crippen molar-refractivity contribution >= 4 is 17.8 Å². The van der Waals surface area contributed by atoms with Crippen LogP contribution in [-0.2, 0) is 9.53 Å². The van der Waals surface area contributed by atoms with Crippen molar-refractivity contribution in [2.45, 2.75) is 20.0 Å². The van der Waals surface area contributed by atoms with Crippen molar-refractivity contribution < 1.29 is 28.5 Å². The molecule has 2 aromatic carbocycles. The molecule has 148 valence electrons. The predicted molar refractivity (Wildman–Crippen MR) is 106 cm³/mol. The van der Waals surface area contributed by atoms with Crippen LogP contribution >= 0.6 is 0 Å². The van der Waals surface area contributed by atoms with Crippen molar-refractivity contribution in [1.82, 2.24) is 0 Å². The molecule has 0 spiro atoms. The fraction of sp³-hybridized carbons (Fsp3) is 0.273. The van der Waals surface area contributed by atoms with Gasteiger partial charge in [-0.15, -0.1) is 0 Å². The van der Waals surface area contributed by atoms with E-state index in [0.717, 1.165) is 0 Å². The van der Waals surface area contributed by atoms with E-state index in [9.17, 15) is 9.59 Å². The first-order valence-corrected chi connectivity index (χ1v) is 8.86. The summed E-state index contributed by atoms with van der Waals surface area (Å²) in [6, 6.07) is 12.0. The number of carbonyl (C=O) groups excluding carboxylic acids is 2. The van der Waals surface area contributed by atoms with Gasteiger partial charge >= 0.3 is 5.97 Å². The third-order valence-electron chi connectivity index (χ3n) is 3.94. The zero-order valence-electron chi connectivity index (χ0n) is 16.4. The van der Waals surface area contributed by atoms with E-state index in [2.05, 4.69) is 0 Å². The van der Waals surface area contributed by atoms with Crippen LogP contribution in [0.4, 0.5) is 0 Å². The van der Waals surface area contributed by atoms with E-state index in [1.807, 2.05) is 6.92 Å². The lowest BCUT2D eigenvalue weighted by Crippen LogP contribution is -2.23. The Morgan fingerprint density at radius 3 is 2.36 bits per heavy atom. The summed E-state index contributed by atoms with van der Waals surface area (Å²) >= 11 is 0. The number of hydrogen-bond acceptors (Lipinski definition) is 6. The molecule has 0 amide bonds. The SMILES string of the molecule is CCOc1ccc(C(=O)[C@@H](C)OC(=O)/C=C/c2cccc(OC)c2OC)cc1. The first kappa shape index (κ1) is 21.0. The zero-order chi connectivity index (χ0) is 20.5. The van der Waals surface area contributed by atoms with Gasteiger partial charge in [0.05, 0.1) is 20.8 Å². The van der Waals surface area contributed by atoms with Crippen LogP contribution in [0.2, 0.25) is 0 Å². The van der Waals surface area contributed by atoms with Gasteiger partial charge in [-0.25, -0.2) is 4.79 Å². The topological polar surface area (TPSA) is 71.1 Å². The van der Waals surface area contributed by atoms with Crippen molar-refractivity contribution in [2.24, 2.45) is 0 Å². The fourth-order valence-corrected chi connectivity index (χ4v) is 2.58. The first-order chi connectivity index (χ1) is 13.5. The lowest BCUT2D eigenvalue weighted by atomic mass is 10.1. The molecule has 28 heavy (non-hydrogen) atoms. The second kappa shape index (κ2) is 10.2. The maximum absolute atomic E-state index is 12.4. The van der Waals surface area contributed by atoms with E-state index in [1.54, 1.807) is 48.5 Å². The van der Waals surface area contributed by atoms with Crippen molar-refractivity contribution in [3.05, 3.63) is 59.7 Å². The molecule has 0 N–H and O–H groups in total. The highest BCUT2D eigenvalue weighted by Gasteiger charge is 2.18. The summed E-state index contributed by atoms with van der Waals surface area (Å²) in [6.07, 6.45) is 1.89. The van der Waals surface area contributed by atoms with Gasteiger partial charge in [-0.2, -0.15) is 0 Å². The lowest BCUT2D eigenvalue weighted by Gasteiger charge is -2.12. The number of Topliss-reactive ketones (excluding diaryl/α,β-unsaturated/α-hetero) is 1. The molecule has 0 radical (unpaired) electrons. The number of carbonyl (C=O) groups is 2. The number of esters is 1. The van der Waals surface area contributed by atoms with Crippen LogP contribution in [0.15, 0.2) is 48.5 Å². The molecule has 2 aromatic rings. The average Bonchev–Trinajstić information content (AvgIpc) is 2.72. The molecule has 0 aliphatic carbocycles. The van der Waals surface area contributed by atoms with E-state index >= 15 is 0 Å². The molecular weight excluding hydrogens is 360 g/mol. The van der Waals surface area contributed by atoms with Crippen molar-refractivity contribution in [3.8, 4) is 17.2 Å². The molecule has 0 aliphatic rings. The summed E-state index contributed by atoms with van der Waals surface area (Å²) in [5.74, 6) is 0.823. The van der Waals surface area contributed by atoms with Gasteiger partial charge in [0.25, 0.3) is 0 Å². The van der Waals surface area contributed by atoms with Crippen LogP contribution < -0.4 is 14.2 Å². The molecule has 0 heterocycles. The summed E-state index contributed by atoms with van der Waals surface area (Å²) in [4.78, 5) is 24.5. The number of methoxy groups -OCH3 is 2. The summed E-state index contributed by atoms with van der Waals surface area (Å²) < 4.78 is 21.1. The van der Waals surface area contributed by atoms with Gasteiger partial charge in [0.15, 0.2) is 17.6 Å². The number of rotatable bonds is 9. The van der Waals surface area contributed by atoms with E-state index in [4.69, 9.17) is 18.9 Å². The molecule has 1 atom stereocenters. The second-order valence-corrected chi connectivity index (χ2v) is 5.82. The van der Waals surface area contributed by atoms with Crippen LogP contribution in [0.3, 0.4) is 0 Å². The Balaban J connectivity index is 2.02. The smallest absolute Gasteiger partial charge is 0.331 e. The Morgan fingerprint density at radius 1 is 1.04 bits per heavy atom.